The molecule has 0 radical (unpaired) electrons. The first-order valence-electron chi connectivity index (χ1n) is 25.8. The standard InChI is InChI=1S/C59H65FN4O12/c1-2-31-73-59-54(63(38-42-19-23-46(60)24-20-42)58(68)72-33-32-71-39-43-15-7-4-8-16-43)36-52(62-74-40-44-21-25-47(26-22-44)64(69)70)50-34-45(17-9-11-29-65)49(18-10-12-30-66)55(56(50)59)51-35-48(27-28-53(51)76-59)75-57(67)61-37-41-13-5-3-6-14-41/h2-8,13-16,19-28,34-35,45,49,54-56,65-66H,1,9-12,17-18,29-33,36-40H2,(H,61,67)/t45-,49+,54-,55+,56+,59+/m0/s1. The second-order valence-corrected chi connectivity index (χ2v) is 19.1. The molecule has 1 aliphatic heterocycles. The Kier molecular flexibility index (Phi) is 19.4. The van der Waals surface area contributed by atoms with Crippen molar-refractivity contribution in [1.29, 1.82) is 0 Å². The molecule has 5 aromatic carbocycles. The average molecular weight is 1040 g/mol. The fourth-order valence-electron chi connectivity index (χ4n) is 10.6. The third kappa shape index (κ3) is 13.7. The van der Waals surface area contributed by atoms with E-state index in [1.165, 1.54) is 29.2 Å². The zero-order valence-electron chi connectivity index (χ0n) is 42.4. The number of aliphatic hydroxyl groups excluding tert-OH is 2. The fraction of sp³-hybridized carbons (Fsp3) is 0.373. The number of ether oxygens (including phenoxy) is 5. The summed E-state index contributed by atoms with van der Waals surface area (Å²) in [5, 5.41) is 39.3. The van der Waals surface area contributed by atoms with Gasteiger partial charge in [-0.25, -0.2) is 14.0 Å². The van der Waals surface area contributed by atoms with Crippen LogP contribution in [0.4, 0.5) is 19.7 Å². The predicted molar refractivity (Wildman–Crippen MR) is 282 cm³/mol. The molecule has 17 heteroatoms. The Balaban J connectivity index is 1.26. The molecule has 3 aliphatic rings. The Morgan fingerprint density at radius 3 is 2.24 bits per heavy atom. The maximum atomic E-state index is 15.1. The Morgan fingerprint density at radius 2 is 1.54 bits per heavy atom. The summed E-state index contributed by atoms with van der Waals surface area (Å²) in [6.45, 7) is 4.39. The van der Waals surface area contributed by atoms with Crippen LogP contribution in [0.2, 0.25) is 0 Å². The normalized spacial score (nSPS) is 20.8. The lowest BCUT2D eigenvalue weighted by atomic mass is 9.55. The van der Waals surface area contributed by atoms with Crippen molar-refractivity contribution in [2.24, 2.45) is 22.9 Å². The van der Waals surface area contributed by atoms with Gasteiger partial charge in [-0.05, 0) is 108 Å². The van der Waals surface area contributed by atoms with Crippen LogP contribution in [0, 0.1) is 33.7 Å². The first-order valence-corrected chi connectivity index (χ1v) is 25.8. The van der Waals surface area contributed by atoms with Gasteiger partial charge >= 0.3 is 12.2 Å². The van der Waals surface area contributed by atoms with E-state index in [1.807, 2.05) is 66.7 Å². The lowest BCUT2D eigenvalue weighted by Gasteiger charge is -2.59. The maximum Gasteiger partial charge on any atom is 0.412 e. The number of nitrogens with one attached hydrogen (secondary N) is 1. The molecule has 16 nitrogen and oxygen atoms in total. The second-order valence-electron chi connectivity index (χ2n) is 19.1. The third-order valence-corrected chi connectivity index (χ3v) is 14.1. The summed E-state index contributed by atoms with van der Waals surface area (Å²) in [6, 6.07) is 35.1. The van der Waals surface area contributed by atoms with E-state index in [2.05, 4.69) is 18.0 Å². The summed E-state index contributed by atoms with van der Waals surface area (Å²) < 4.78 is 47.0. The molecule has 0 saturated heterocycles. The molecule has 5 aromatic rings. The number of unbranched alkanes of at least 4 members (excludes halogenated alkanes) is 2. The number of benzene rings is 5. The van der Waals surface area contributed by atoms with Crippen LogP contribution in [0.15, 0.2) is 157 Å². The topological polar surface area (TPSA) is 201 Å². The number of halogens is 1. The third-order valence-electron chi connectivity index (χ3n) is 14.1. The monoisotopic (exact) mass is 1040 g/mol. The Bertz CT molecular complexity index is 2780. The quantitative estimate of drug-likeness (QED) is 0.0205. The van der Waals surface area contributed by atoms with Gasteiger partial charge in [-0.1, -0.05) is 103 Å². The maximum absolute atomic E-state index is 15.1. The number of nitrogens with zero attached hydrogens (tertiary/aromatic N) is 3. The van der Waals surface area contributed by atoms with E-state index >= 15 is 4.79 Å². The Morgan fingerprint density at radius 1 is 0.855 bits per heavy atom. The number of nitro benzene ring substituents is 1. The summed E-state index contributed by atoms with van der Waals surface area (Å²) >= 11 is 0. The van der Waals surface area contributed by atoms with Gasteiger partial charge in [0.15, 0.2) is 0 Å². The largest absolute Gasteiger partial charge is 0.459 e. The van der Waals surface area contributed by atoms with Crippen LogP contribution in [-0.4, -0.2) is 82.8 Å². The summed E-state index contributed by atoms with van der Waals surface area (Å²) in [7, 11) is 0. The molecule has 1 saturated carbocycles. The molecule has 76 heavy (non-hydrogen) atoms. The SMILES string of the molecule is C=CCO[C@@]12Oc3ccc(OC(=O)NCc4ccccc4)cc3[C@H]3[C@H](CCCCO)[C@@H](CCCCO)C=C(C(=NOCc4ccc([N+](=O)[O-])cc4)C[C@@H]1N(Cc1ccc(F)cc1)C(=O)OCCOCc1ccccc1)[C@H]32. The van der Waals surface area contributed by atoms with Crippen LogP contribution < -0.4 is 14.8 Å². The molecule has 0 aromatic heterocycles. The smallest absolute Gasteiger partial charge is 0.412 e. The van der Waals surface area contributed by atoms with E-state index in [4.69, 9.17) is 33.7 Å². The van der Waals surface area contributed by atoms with Crippen LogP contribution in [-0.2, 0) is 45.4 Å². The summed E-state index contributed by atoms with van der Waals surface area (Å²) in [5.74, 6) is -2.95. The van der Waals surface area contributed by atoms with Gasteiger partial charge in [0.05, 0.1) is 36.4 Å². The molecule has 6 atom stereocenters. The summed E-state index contributed by atoms with van der Waals surface area (Å²) in [6.07, 6.45) is 6.21. The predicted octanol–water partition coefficient (Wildman–Crippen LogP) is 10.7. The van der Waals surface area contributed by atoms with Crippen molar-refractivity contribution in [3.8, 4) is 11.5 Å². The number of rotatable bonds is 26. The van der Waals surface area contributed by atoms with Crippen molar-refractivity contribution in [2.75, 3.05) is 33.0 Å². The molecular weight excluding hydrogens is 976 g/mol. The number of fused-ring (bicyclic) bond motifs is 2. The van der Waals surface area contributed by atoms with E-state index in [-0.39, 0.29) is 82.4 Å². The number of hydrogen-bond acceptors (Lipinski definition) is 13. The average Bonchev–Trinajstić information content (AvgIpc) is 3.57. The molecule has 8 rings (SSSR count). The molecule has 0 unspecified atom stereocenters. The number of oxime groups is 1. The molecule has 0 bridgehead atoms. The Labute approximate surface area is 441 Å². The highest BCUT2D eigenvalue weighted by atomic mass is 19.1. The Hall–Kier alpha value is -7.44. The van der Waals surface area contributed by atoms with E-state index in [0.29, 0.717) is 67.7 Å². The van der Waals surface area contributed by atoms with Crippen molar-refractivity contribution in [3.63, 3.8) is 0 Å². The van der Waals surface area contributed by atoms with E-state index < -0.39 is 46.6 Å². The van der Waals surface area contributed by atoms with Gasteiger partial charge in [0.2, 0.25) is 5.79 Å². The van der Waals surface area contributed by atoms with Gasteiger partial charge in [-0.2, -0.15) is 0 Å². The summed E-state index contributed by atoms with van der Waals surface area (Å²) in [4.78, 5) is 47.2. The first-order chi connectivity index (χ1) is 37.1. The lowest BCUT2D eigenvalue weighted by molar-refractivity contribution is -0.384. The molecule has 3 N–H and O–H groups in total. The van der Waals surface area contributed by atoms with Gasteiger partial charge < -0.3 is 44.1 Å². The number of carbonyl (C=O) groups excluding carboxylic acids is 2. The van der Waals surface area contributed by atoms with Crippen LogP contribution in [0.3, 0.4) is 0 Å². The van der Waals surface area contributed by atoms with Gasteiger partial charge in [-0.3, -0.25) is 15.0 Å². The fourth-order valence-corrected chi connectivity index (χ4v) is 10.6. The van der Waals surface area contributed by atoms with Crippen molar-refractivity contribution in [2.45, 2.75) is 89.0 Å². The first kappa shape index (κ1) is 54.8. The number of amides is 2. The van der Waals surface area contributed by atoms with E-state index in [1.54, 1.807) is 42.5 Å². The molecule has 400 valence electrons. The number of nitro groups is 1. The molecule has 1 fully saturated rings. The molecule has 2 amide bonds. The highest BCUT2D eigenvalue weighted by Crippen LogP contribution is 2.62. The lowest BCUT2D eigenvalue weighted by Crippen LogP contribution is -2.70. The minimum absolute atomic E-state index is 0.00388. The number of allylic oxidation sites excluding steroid dienone is 1. The number of aliphatic hydroxyl groups is 2. The molecular formula is C59H65FN4O12. The van der Waals surface area contributed by atoms with Crippen LogP contribution in [0.1, 0.15) is 78.7 Å². The van der Waals surface area contributed by atoms with Crippen LogP contribution in [0.5, 0.6) is 11.5 Å². The van der Waals surface area contributed by atoms with Gasteiger partial charge in [-0.15, -0.1) is 6.58 Å². The highest BCUT2D eigenvalue weighted by Gasteiger charge is 2.65. The van der Waals surface area contributed by atoms with Gasteiger partial charge in [0, 0.05) is 56.3 Å². The minimum Gasteiger partial charge on any atom is -0.459 e. The van der Waals surface area contributed by atoms with Crippen molar-refractivity contribution < 1.29 is 57.6 Å². The van der Waals surface area contributed by atoms with Crippen molar-refractivity contribution in [1.82, 2.24) is 10.2 Å². The van der Waals surface area contributed by atoms with Crippen LogP contribution >= 0.6 is 0 Å². The number of non-ortho nitro benzene ring substituents is 1. The second kappa shape index (κ2) is 26.9. The number of carbonyl (C=O) groups is 2. The van der Waals surface area contributed by atoms with Gasteiger partial charge in [0.1, 0.15) is 36.6 Å². The van der Waals surface area contributed by atoms with Gasteiger partial charge in [0.25, 0.3) is 5.69 Å². The zero-order chi connectivity index (χ0) is 53.3. The van der Waals surface area contributed by atoms with Crippen molar-refractivity contribution in [3.05, 3.63) is 195 Å². The van der Waals surface area contributed by atoms with Crippen LogP contribution in [0.25, 0.3) is 0 Å². The highest BCUT2D eigenvalue weighted by molar-refractivity contribution is 6.03. The minimum atomic E-state index is -1.70. The zero-order valence-corrected chi connectivity index (χ0v) is 42.4. The van der Waals surface area contributed by atoms with Crippen molar-refractivity contribution >= 4 is 23.6 Å². The molecule has 1 heterocycles. The summed E-state index contributed by atoms with van der Waals surface area (Å²) in [5.41, 5.74) is 4.91. The van der Waals surface area contributed by atoms with E-state index in [0.717, 1.165) is 22.3 Å². The molecule has 2 aliphatic carbocycles. The van der Waals surface area contributed by atoms with E-state index in [9.17, 15) is 29.5 Å². The molecule has 0 spiro atoms. The number of hydrogen-bond donors (Lipinski definition) is 3.